The Hall–Kier alpha value is -2.29. The molecule has 23 heavy (non-hydrogen) atoms. The zero-order chi connectivity index (χ0) is 16.4. The fraction of sp³-hybridized carbons (Fsp3) is 0.350. The number of carbonyl (C=O) groups excluding carboxylic acids is 1. The molecule has 3 heteroatoms. The molecular weight excluding hydrogens is 288 g/mol. The van der Waals surface area contributed by atoms with Crippen LogP contribution in [0.5, 0.6) is 5.75 Å². The van der Waals surface area contributed by atoms with Crippen molar-refractivity contribution in [2.24, 2.45) is 5.92 Å². The average molecular weight is 310 g/mol. The molecule has 0 radical (unpaired) electrons. The van der Waals surface area contributed by atoms with Crippen LogP contribution >= 0.6 is 0 Å². The standard InChI is InChI=1S/C20H22O3/c1-13(2)16-10-8-15(9-11-16)12-14(3)20-22-18-7-5-4-6-17(18)19(21)23-20/h4-11,13-14,20H,12H2,1-3H3. The maximum absolute atomic E-state index is 12.1. The van der Waals surface area contributed by atoms with Crippen LogP contribution in [0.3, 0.4) is 0 Å². The lowest BCUT2D eigenvalue weighted by Crippen LogP contribution is -2.36. The highest BCUT2D eigenvalue weighted by molar-refractivity contribution is 5.93. The molecule has 2 aromatic rings. The summed E-state index contributed by atoms with van der Waals surface area (Å²) in [7, 11) is 0. The van der Waals surface area contributed by atoms with Gasteiger partial charge in [0.1, 0.15) is 11.3 Å². The number of rotatable bonds is 4. The molecule has 0 saturated heterocycles. The average Bonchev–Trinajstić information content (AvgIpc) is 2.55. The Kier molecular flexibility index (Phi) is 4.37. The molecule has 2 atom stereocenters. The van der Waals surface area contributed by atoms with Crippen LogP contribution in [0.25, 0.3) is 0 Å². The van der Waals surface area contributed by atoms with Crippen LogP contribution in [-0.2, 0) is 11.2 Å². The van der Waals surface area contributed by atoms with E-state index in [1.807, 2.05) is 25.1 Å². The van der Waals surface area contributed by atoms with Gasteiger partial charge in [-0.15, -0.1) is 0 Å². The van der Waals surface area contributed by atoms with E-state index in [1.165, 1.54) is 11.1 Å². The molecule has 0 N–H and O–H groups in total. The summed E-state index contributed by atoms with van der Waals surface area (Å²) in [6, 6.07) is 15.8. The van der Waals surface area contributed by atoms with Gasteiger partial charge in [0.25, 0.3) is 0 Å². The number of ether oxygens (including phenoxy) is 2. The number of hydrogen-bond donors (Lipinski definition) is 0. The highest BCUT2D eigenvalue weighted by Gasteiger charge is 2.31. The molecule has 1 heterocycles. The number of fused-ring (bicyclic) bond motifs is 1. The molecule has 2 unspecified atom stereocenters. The Labute approximate surface area is 137 Å². The van der Waals surface area contributed by atoms with Gasteiger partial charge in [0.05, 0.1) is 0 Å². The highest BCUT2D eigenvalue weighted by atomic mass is 16.7. The third-order valence-electron chi connectivity index (χ3n) is 4.24. The molecule has 3 rings (SSSR count). The lowest BCUT2D eigenvalue weighted by Gasteiger charge is -2.29. The van der Waals surface area contributed by atoms with E-state index in [2.05, 4.69) is 38.1 Å². The molecule has 0 aromatic heterocycles. The van der Waals surface area contributed by atoms with Crippen LogP contribution in [0.1, 0.15) is 48.2 Å². The molecule has 0 amide bonds. The predicted octanol–water partition coefficient (Wildman–Crippen LogP) is 4.56. The maximum atomic E-state index is 12.1. The second kappa shape index (κ2) is 6.45. The molecule has 3 nitrogen and oxygen atoms in total. The Balaban J connectivity index is 1.69. The van der Waals surface area contributed by atoms with Crippen LogP contribution in [0.4, 0.5) is 0 Å². The van der Waals surface area contributed by atoms with Crippen LogP contribution in [0, 0.1) is 5.92 Å². The second-order valence-electron chi connectivity index (χ2n) is 6.47. The fourth-order valence-electron chi connectivity index (χ4n) is 2.80. The number of para-hydroxylation sites is 1. The SMILES string of the molecule is CC(C)c1ccc(CC(C)C2OC(=O)c3ccccc3O2)cc1. The molecule has 2 aromatic carbocycles. The Morgan fingerprint density at radius 1 is 0.957 bits per heavy atom. The molecule has 1 aliphatic heterocycles. The van der Waals surface area contributed by atoms with E-state index < -0.39 is 6.29 Å². The van der Waals surface area contributed by atoms with Gasteiger partial charge in [-0.25, -0.2) is 4.79 Å². The first-order valence-electron chi connectivity index (χ1n) is 8.10. The van der Waals surface area contributed by atoms with Crippen molar-refractivity contribution >= 4 is 5.97 Å². The van der Waals surface area contributed by atoms with Crippen LogP contribution in [-0.4, -0.2) is 12.3 Å². The summed E-state index contributed by atoms with van der Waals surface area (Å²) in [5.74, 6) is 0.910. The minimum absolute atomic E-state index is 0.0807. The van der Waals surface area contributed by atoms with E-state index in [1.54, 1.807) is 6.07 Å². The van der Waals surface area contributed by atoms with Crippen molar-refractivity contribution in [3.05, 3.63) is 65.2 Å². The second-order valence-corrected chi connectivity index (χ2v) is 6.47. The monoisotopic (exact) mass is 310 g/mol. The third-order valence-corrected chi connectivity index (χ3v) is 4.24. The molecule has 0 fully saturated rings. The molecule has 0 aliphatic carbocycles. The lowest BCUT2D eigenvalue weighted by atomic mass is 9.96. The number of esters is 1. The summed E-state index contributed by atoms with van der Waals surface area (Å²) in [6.07, 6.45) is 0.264. The predicted molar refractivity (Wildman–Crippen MR) is 89.7 cm³/mol. The topological polar surface area (TPSA) is 35.5 Å². The molecule has 0 bridgehead atoms. The van der Waals surface area contributed by atoms with Crippen molar-refractivity contribution in [1.29, 1.82) is 0 Å². The van der Waals surface area contributed by atoms with Gasteiger partial charge in [0.15, 0.2) is 0 Å². The van der Waals surface area contributed by atoms with Crippen LogP contribution < -0.4 is 4.74 Å². The van der Waals surface area contributed by atoms with Gasteiger partial charge in [-0.3, -0.25) is 0 Å². The van der Waals surface area contributed by atoms with E-state index in [9.17, 15) is 4.79 Å². The fourth-order valence-corrected chi connectivity index (χ4v) is 2.80. The molecule has 0 spiro atoms. The summed E-state index contributed by atoms with van der Waals surface area (Å²) in [6.45, 7) is 6.41. The number of benzene rings is 2. The van der Waals surface area contributed by atoms with E-state index in [0.717, 1.165) is 6.42 Å². The van der Waals surface area contributed by atoms with Gasteiger partial charge in [-0.05, 0) is 35.6 Å². The van der Waals surface area contributed by atoms with Gasteiger partial charge < -0.3 is 9.47 Å². The summed E-state index contributed by atoms with van der Waals surface area (Å²) in [5.41, 5.74) is 3.05. The van der Waals surface area contributed by atoms with E-state index >= 15 is 0 Å². The van der Waals surface area contributed by atoms with Gasteiger partial charge >= 0.3 is 5.97 Å². The van der Waals surface area contributed by atoms with Crippen molar-refractivity contribution in [2.45, 2.75) is 39.4 Å². The maximum Gasteiger partial charge on any atom is 0.345 e. The quantitative estimate of drug-likeness (QED) is 0.776. The highest BCUT2D eigenvalue weighted by Crippen LogP contribution is 2.29. The first-order valence-corrected chi connectivity index (χ1v) is 8.10. The lowest BCUT2D eigenvalue weighted by molar-refractivity contribution is -0.0876. The number of cyclic esters (lactones) is 1. The Morgan fingerprint density at radius 3 is 2.35 bits per heavy atom. The normalized spacial score (nSPS) is 18.1. The van der Waals surface area contributed by atoms with Gasteiger partial charge in [0.2, 0.25) is 6.29 Å². The smallest absolute Gasteiger partial charge is 0.345 e. The first kappa shape index (κ1) is 15.6. The number of hydrogen-bond acceptors (Lipinski definition) is 3. The summed E-state index contributed by atoms with van der Waals surface area (Å²) < 4.78 is 11.3. The molecule has 1 aliphatic rings. The molecule has 0 saturated carbocycles. The van der Waals surface area contributed by atoms with Crippen molar-refractivity contribution in [2.75, 3.05) is 0 Å². The van der Waals surface area contributed by atoms with Crippen molar-refractivity contribution < 1.29 is 14.3 Å². The molecule has 120 valence electrons. The summed E-state index contributed by atoms with van der Waals surface area (Å²) in [5, 5.41) is 0. The minimum atomic E-state index is -0.540. The zero-order valence-electron chi connectivity index (χ0n) is 13.8. The molecular formula is C20H22O3. The van der Waals surface area contributed by atoms with Crippen molar-refractivity contribution in [1.82, 2.24) is 0 Å². The van der Waals surface area contributed by atoms with Gasteiger partial charge in [-0.1, -0.05) is 57.2 Å². The minimum Gasteiger partial charge on any atom is -0.454 e. The van der Waals surface area contributed by atoms with Gasteiger partial charge in [-0.2, -0.15) is 0 Å². The third kappa shape index (κ3) is 3.39. The first-order chi connectivity index (χ1) is 11.0. The van der Waals surface area contributed by atoms with Crippen molar-refractivity contribution in [3.63, 3.8) is 0 Å². The Morgan fingerprint density at radius 2 is 1.65 bits per heavy atom. The van der Waals surface area contributed by atoms with Gasteiger partial charge in [0, 0.05) is 5.92 Å². The van der Waals surface area contributed by atoms with E-state index in [-0.39, 0.29) is 11.9 Å². The number of carbonyl (C=O) groups is 1. The largest absolute Gasteiger partial charge is 0.454 e. The summed E-state index contributed by atoms with van der Waals surface area (Å²) in [4.78, 5) is 12.1. The summed E-state index contributed by atoms with van der Waals surface area (Å²) >= 11 is 0. The van der Waals surface area contributed by atoms with E-state index in [4.69, 9.17) is 9.47 Å². The van der Waals surface area contributed by atoms with Crippen LogP contribution in [0.2, 0.25) is 0 Å². The Bertz CT molecular complexity index is 688. The van der Waals surface area contributed by atoms with E-state index in [0.29, 0.717) is 17.2 Å². The zero-order valence-corrected chi connectivity index (χ0v) is 13.8. The van der Waals surface area contributed by atoms with Crippen LogP contribution in [0.15, 0.2) is 48.5 Å². The van der Waals surface area contributed by atoms with Crippen molar-refractivity contribution in [3.8, 4) is 5.75 Å².